The summed E-state index contributed by atoms with van der Waals surface area (Å²) in [7, 11) is 1.21. The van der Waals surface area contributed by atoms with Crippen molar-refractivity contribution in [2.75, 3.05) is 13.2 Å². The molecule has 1 N–H and O–H groups in total. The maximum Gasteiger partial charge on any atom is 0.303 e. The van der Waals surface area contributed by atoms with Crippen molar-refractivity contribution in [2.45, 2.75) is 50.4 Å². The van der Waals surface area contributed by atoms with Crippen LogP contribution in [0.1, 0.15) is 27.2 Å². The van der Waals surface area contributed by atoms with E-state index in [2.05, 4.69) is 0 Å². The van der Waals surface area contributed by atoms with Crippen molar-refractivity contribution in [3.05, 3.63) is 0 Å². The van der Waals surface area contributed by atoms with Crippen molar-refractivity contribution in [1.29, 1.82) is 0 Å². The molecule has 3 unspecified atom stereocenters. The molecule has 10 heteroatoms. The van der Waals surface area contributed by atoms with Crippen molar-refractivity contribution in [1.82, 2.24) is 0 Å². The van der Waals surface area contributed by atoms with Crippen LogP contribution in [-0.2, 0) is 33.3 Å². The highest BCUT2D eigenvalue weighted by Crippen LogP contribution is 2.39. The lowest BCUT2D eigenvalue weighted by atomic mass is 9.91. The zero-order valence-electron chi connectivity index (χ0n) is 12.9. The first kappa shape index (κ1) is 20.5. The van der Waals surface area contributed by atoms with E-state index in [4.69, 9.17) is 18.9 Å². The Morgan fingerprint density at radius 3 is 2.26 bits per heavy atom. The van der Waals surface area contributed by atoms with Crippen LogP contribution in [-0.4, -0.2) is 59.5 Å². The van der Waals surface area contributed by atoms with Gasteiger partial charge in [0.05, 0.1) is 6.61 Å². The van der Waals surface area contributed by atoms with Gasteiger partial charge < -0.3 is 24.1 Å². The molecule has 1 fully saturated rings. The fraction of sp³-hybridized carbons (Fsp3) is 0.769. The molecule has 0 radical (unpaired) electrons. The molecule has 1 aliphatic heterocycles. The number of rotatable bonds is 6. The molecule has 0 saturated carbocycles. The SMILES string of the molecule is CC(=O)OCC1(CO)CC(OC(C)=O)C(OC(C)=O)[C@H](SI)O1. The van der Waals surface area contributed by atoms with Gasteiger partial charge in [-0.2, -0.15) is 0 Å². The summed E-state index contributed by atoms with van der Waals surface area (Å²) in [6.07, 6.45) is -1.61. The van der Waals surface area contributed by atoms with E-state index in [1.54, 1.807) is 0 Å². The van der Waals surface area contributed by atoms with Crippen molar-refractivity contribution >= 4 is 48.0 Å². The van der Waals surface area contributed by atoms with Crippen molar-refractivity contribution in [2.24, 2.45) is 0 Å². The summed E-state index contributed by atoms with van der Waals surface area (Å²) in [4.78, 5) is 33.7. The molecule has 0 spiro atoms. The van der Waals surface area contributed by atoms with Gasteiger partial charge in [0.15, 0.2) is 11.5 Å². The topological polar surface area (TPSA) is 108 Å². The van der Waals surface area contributed by atoms with Crippen LogP contribution in [0.4, 0.5) is 0 Å². The summed E-state index contributed by atoms with van der Waals surface area (Å²) in [6.45, 7) is 3.07. The van der Waals surface area contributed by atoms with Crippen LogP contribution >= 0.6 is 30.1 Å². The van der Waals surface area contributed by atoms with Crippen LogP contribution in [0.25, 0.3) is 0 Å². The van der Waals surface area contributed by atoms with Crippen LogP contribution in [0.2, 0.25) is 0 Å². The Hall–Kier alpha value is -0.590. The quantitative estimate of drug-likeness (QED) is 0.351. The Balaban J connectivity index is 3.04. The second kappa shape index (κ2) is 9.04. The molecular formula is C13H19IO8S. The zero-order valence-corrected chi connectivity index (χ0v) is 15.9. The summed E-state index contributed by atoms with van der Waals surface area (Å²) in [5, 5.41) is 9.71. The fourth-order valence-electron chi connectivity index (χ4n) is 2.21. The molecule has 23 heavy (non-hydrogen) atoms. The number of halogens is 1. The molecule has 1 heterocycles. The monoisotopic (exact) mass is 462 g/mol. The lowest BCUT2D eigenvalue weighted by Gasteiger charge is -2.45. The van der Waals surface area contributed by atoms with E-state index in [1.807, 2.05) is 21.2 Å². The van der Waals surface area contributed by atoms with Crippen LogP contribution in [0.3, 0.4) is 0 Å². The highest BCUT2D eigenvalue weighted by molar-refractivity contribution is 14.2. The van der Waals surface area contributed by atoms with E-state index in [1.165, 1.54) is 29.7 Å². The summed E-state index contributed by atoms with van der Waals surface area (Å²) in [5.74, 6) is -1.61. The predicted octanol–water partition coefficient (Wildman–Crippen LogP) is 0.974. The summed E-state index contributed by atoms with van der Waals surface area (Å²) < 4.78 is 21.2. The largest absolute Gasteiger partial charge is 0.463 e. The fourth-order valence-corrected chi connectivity index (χ4v) is 3.96. The minimum atomic E-state index is -1.23. The molecule has 1 saturated heterocycles. The maximum absolute atomic E-state index is 11.3. The van der Waals surface area contributed by atoms with E-state index in [0.29, 0.717) is 0 Å². The van der Waals surface area contributed by atoms with Crippen molar-refractivity contribution in [3.63, 3.8) is 0 Å². The van der Waals surface area contributed by atoms with Gasteiger partial charge in [-0.1, -0.05) is 8.93 Å². The molecule has 0 bridgehead atoms. The number of esters is 3. The maximum atomic E-state index is 11.3. The Labute approximate surface area is 150 Å². The Morgan fingerprint density at radius 1 is 1.22 bits per heavy atom. The first-order chi connectivity index (χ1) is 10.7. The Morgan fingerprint density at radius 2 is 1.83 bits per heavy atom. The molecule has 4 atom stereocenters. The first-order valence-corrected chi connectivity index (χ1v) is 10.2. The smallest absolute Gasteiger partial charge is 0.303 e. The number of aliphatic hydroxyl groups is 1. The zero-order chi connectivity index (χ0) is 17.6. The molecule has 0 amide bonds. The van der Waals surface area contributed by atoms with Gasteiger partial charge in [-0.15, -0.1) is 0 Å². The number of aliphatic hydroxyl groups excluding tert-OH is 1. The summed E-state index contributed by atoms with van der Waals surface area (Å²) in [6, 6.07) is 0. The second-order valence-electron chi connectivity index (χ2n) is 5.12. The molecule has 132 valence electrons. The highest BCUT2D eigenvalue weighted by atomic mass is 127. The third kappa shape index (κ3) is 6.08. The van der Waals surface area contributed by atoms with Crippen LogP contribution < -0.4 is 0 Å². The number of ether oxygens (including phenoxy) is 4. The van der Waals surface area contributed by atoms with Gasteiger partial charge in [0.25, 0.3) is 0 Å². The normalized spacial score (nSPS) is 30.4. The van der Waals surface area contributed by atoms with E-state index >= 15 is 0 Å². The van der Waals surface area contributed by atoms with Gasteiger partial charge in [0.2, 0.25) is 0 Å². The Bertz CT molecular complexity index is 459. The second-order valence-corrected chi connectivity index (χ2v) is 7.29. The average Bonchev–Trinajstić information content (AvgIpc) is 2.46. The van der Waals surface area contributed by atoms with Crippen molar-refractivity contribution < 1.29 is 38.4 Å². The van der Waals surface area contributed by atoms with E-state index in [-0.39, 0.29) is 13.0 Å². The van der Waals surface area contributed by atoms with Crippen LogP contribution in [0.5, 0.6) is 0 Å². The minimum Gasteiger partial charge on any atom is -0.463 e. The van der Waals surface area contributed by atoms with Gasteiger partial charge in [0.1, 0.15) is 18.3 Å². The molecule has 0 aromatic carbocycles. The van der Waals surface area contributed by atoms with Gasteiger partial charge in [-0.3, -0.25) is 14.4 Å². The lowest BCUT2D eigenvalue weighted by molar-refractivity contribution is -0.231. The van der Waals surface area contributed by atoms with Gasteiger partial charge >= 0.3 is 17.9 Å². The molecule has 0 aromatic rings. The lowest BCUT2D eigenvalue weighted by Crippen LogP contribution is -2.59. The first-order valence-electron chi connectivity index (χ1n) is 6.77. The number of hydrogen-bond donors (Lipinski definition) is 1. The number of carbonyl (C=O) groups excluding carboxylic acids is 3. The average molecular weight is 462 g/mol. The van der Waals surface area contributed by atoms with Gasteiger partial charge in [0, 0.05) is 27.2 Å². The molecule has 0 aliphatic carbocycles. The van der Waals surface area contributed by atoms with Crippen LogP contribution in [0, 0.1) is 0 Å². The van der Waals surface area contributed by atoms with E-state index in [9.17, 15) is 19.5 Å². The Kier molecular flexibility index (Phi) is 8.04. The molecule has 1 aliphatic rings. The third-order valence-electron chi connectivity index (χ3n) is 3.11. The molecule has 0 aromatic heterocycles. The third-order valence-corrected chi connectivity index (χ3v) is 5.15. The minimum absolute atomic E-state index is 0.0298. The number of carbonyl (C=O) groups is 3. The molecular weight excluding hydrogens is 443 g/mol. The standard InChI is InChI=1S/C13H19IO8S/c1-7(16)19-6-13(5-15)4-10(20-8(2)17)11(21-9(3)18)12(22-13)23-14/h10-12,15H,4-6H2,1-3H3/t10?,11?,12-,13?/m0/s1. The number of hydrogen-bond acceptors (Lipinski definition) is 9. The van der Waals surface area contributed by atoms with E-state index < -0.39 is 47.8 Å². The summed E-state index contributed by atoms with van der Waals surface area (Å²) in [5.41, 5.74) is -1.93. The highest BCUT2D eigenvalue weighted by Gasteiger charge is 2.51. The van der Waals surface area contributed by atoms with Crippen molar-refractivity contribution in [3.8, 4) is 0 Å². The van der Waals surface area contributed by atoms with Gasteiger partial charge in [-0.05, 0) is 21.2 Å². The van der Waals surface area contributed by atoms with Crippen LogP contribution in [0.15, 0.2) is 0 Å². The molecule has 1 rings (SSSR count). The molecule has 8 nitrogen and oxygen atoms in total. The predicted molar refractivity (Wildman–Crippen MR) is 88.7 cm³/mol. The van der Waals surface area contributed by atoms with E-state index in [0.717, 1.165) is 0 Å². The van der Waals surface area contributed by atoms with Gasteiger partial charge in [-0.25, -0.2) is 0 Å². The summed E-state index contributed by atoms with van der Waals surface area (Å²) >= 11 is 1.96.